The van der Waals surface area contributed by atoms with E-state index in [0.29, 0.717) is 35.3 Å². The molecular weight excluding hydrogens is 442 g/mol. The molecule has 0 fully saturated rings. The van der Waals surface area contributed by atoms with Crippen LogP contribution in [0.4, 0.5) is 11.4 Å². The number of amides is 1. The summed E-state index contributed by atoms with van der Waals surface area (Å²) in [5.74, 6) is 0.477. The number of halogens is 1. The van der Waals surface area contributed by atoms with E-state index in [4.69, 9.17) is 21.1 Å². The number of methoxy groups -OCH3 is 2. The largest absolute Gasteiger partial charge is 0.495 e. The molecule has 0 aliphatic carbocycles. The van der Waals surface area contributed by atoms with Crippen LogP contribution in [-0.2, 0) is 14.8 Å². The number of aryl methyl sites for hydroxylation is 1. The summed E-state index contributed by atoms with van der Waals surface area (Å²) in [7, 11) is -0.715. The summed E-state index contributed by atoms with van der Waals surface area (Å²) in [5.41, 5.74) is 1.72. The first-order valence-electron chi connectivity index (χ1n) is 9.73. The molecule has 0 bridgehead atoms. The normalized spacial score (nSPS) is 11.3. The number of ether oxygens (including phenoxy) is 2. The zero-order valence-corrected chi connectivity index (χ0v) is 19.9. The third-order valence-corrected chi connectivity index (χ3v) is 7.16. The molecule has 10 heteroatoms. The first kappa shape index (κ1) is 24.8. The lowest BCUT2D eigenvalue weighted by molar-refractivity contribution is -0.114. The maximum atomic E-state index is 12.8. The van der Waals surface area contributed by atoms with Gasteiger partial charge in [0.15, 0.2) is 0 Å². The van der Waals surface area contributed by atoms with E-state index in [1.165, 1.54) is 36.7 Å². The molecule has 0 aliphatic heterocycles. The second-order valence-electron chi connectivity index (χ2n) is 6.65. The van der Waals surface area contributed by atoms with Crippen molar-refractivity contribution in [3.63, 3.8) is 0 Å². The van der Waals surface area contributed by atoms with Crippen LogP contribution in [0.3, 0.4) is 0 Å². The predicted molar refractivity (Wildman–Crippen MR) is 123 cm³/mol. The molecule has 0 heterocycles. The Kier molecular flexibility index (Phi) is 8.55. The van der Waals surface area contributed by atoms with Crippen LogP contribution in [0.1, 0.15) is 19.4 Å². The van der Waals surface area contributed by atoms with Gasteiger partial charge < -0.3 is 20.1 Å². The first-order valence-corrected chi connectivity index (χ1v) is 11.6. The third-order valence-electron chi connectivity index (χ3n) is 4.71. The van der Waals surface area contributed by atoms with Crippen molar-refractivity contribution in [3.05, 3.63) is 40.9 Å². The van der Waals surface area contributed by atoms with Gasteiger partial charge in [0.2, 0.25) is 15.9 Å². The fraction of sp³-hybridized carbons (Fsp3) is 0.381. The molecule has 2 aromatic carbocycles. The second kappa shape index (κ2) is 10.7. The summed E-state index contributed by atoms with van der Waals surface area (Å²) in [4.78, 5) is 12.6. The summed E-state index contributed by atoms with van der Waals surface area (Å²) in [6.45, 7) is 6.00. The molecule has 0 saturated heterocycles. The average molecular weight is 470 g/mol. The molecule has 1 amide bonds. The van der Waals surface area contributed by atoms with Gasteiger partial charge in [-0.1, -0.05) is 25.4 Å². The van der Waals surface area contributed by atoms with Crippen molar-refractivity contribution in [2.45, 2.75) is 25.7 Å². The van der Waals surface area contributed by atoms with Crippen LogP contribution in [0.2, 0.25) is 5.02 Å². The van der Waals surface area contributed by atoms with Crippen LogP contribution >= 0.6 is 11.6 Å². The topological polar surface area (TPSA) is 97.0 Å². The number of carbonyl (C=O) groups excluding carboxylic acids is 1. The van der Waals surface area contributed by atoms with Crippen molar-refractivity contribution in [2.24, 2.45) is 0 Å². The van der Waals surface area contributed by atoms with E-state index in [1.807, 2.05) is 6.92 Å². The molecule has 31 heavy (non-hydrogen) atoms. The fourth-order valence-electron chi connectivity index (χ4n) is 3.00. The molecular formula is C21H28ClN3O5S. The number of anilines is 2. The van der Waals surface area contributed by atoms with E-state index in [-0.39, 0.29) is 23.0 Å². The van der Waals surface area contributed by atoms with Gasteiger partial charge in [0.1, 0.15) is 11.5 Å². The summed E-state index contributed by atoms with van der Waals surface area (Å²) in [5, 5.41) is 6.27. The molecule has 170 valence electrons. The van der Waals surface area contributed by atoms with Crippen LogP contribution in [0, 0.1) is 6.92 Å². The molecule has 0 unspecified atom stereocenters. The zero-order valence-electron chi connectivity index (χ0n) is 18.3. The Labute approximate surface area is 188 Å². The Morgan fingerprint density at radius 2 is 1.68 bits per heavy atom. The summed E-state index contributed by atoms with van der Waals surface area (Å²) in [6.07, 6.45) is 0. The Morgan fingerprint density at radius 3 is 2.26 bits per heavy atom. The van der Waals surface area contributed by atoms with Gasteiger partial charge in [-0.3, -0.25) is 4.79 Å². The number of hydrogen-bond donors (Lipinski definition) is 2. The highest BCUT2D eigenvalue weighted by Gasteiger charge is 2.23. The smallest absolute Gasteiger partial charge is 0.243 e. The van der Waals surface area contributed by atoms with Gasteiger partial charge in [-0.15, -0.1) is 0 Å². The van der Waals surface area contributed by atoms with Crippen LogP contribution in [0.25, 0.3) is 0 Å². The van der Waals surface area contributed by atoms with Crippen LogP contribution in [0.15, 0.2) is 35.2 Å². The fourth-order valence-corrected chi connectivity index (χ4v) is 4.64. The third kappa shape index (κ3) is 5.81. The molecule has 2 rings (SSSR count). The molecule has 0 saturated carbocycles. The Morgan fingerprint density at radius 1 is 1.03 bits per heavy atom. The van der Waals surface area contributed by atoms with Gasteiger partial charge in [-0.05, 0) is 36.8 Å². The Hall–Kier alpha value is -2.49. The van der Waals surface area contributed by atoms with Crippen molar-refractivity contribution >= 4 is 38.9 Å². The molecule has 0 atom stereocenters. The van der Waals surface area contributed by atoms with Crippen LogP contribution in [-0.4, -0.2) is 52.5 Å². The molecule has 0 radical (unpaired) electrons. The number of benzene rings is 2. The molecule has 0 aliphatic rings. The quantitative estimate of drug-likeness (QED) is 0.550. The summed E-state index contributed by atoms with van der Waals surface area (Å²) >= 11 is 6.11. The second-order valence-corrected chi connectivity index (χ2v) is 9.00. The molecule has 0 aromatic heterocycles. The lowest BCUT2D eigenvalue weighted by Gasteiger charge is -2.20. The lowest BCUT2D eigenvalue weighted by Crippen LogP contribution is -2.30. The molecule has 8 nitrogen and oxygen atoms in total. The predicted octanol–water partition coefficient (Wildman–Crippen LogP) is 3.75. The molecule has 2 N–H and O–H groups in total. The zero-order chi connectivity index (χ0) is 23.2. The maximum Gasteiger partial charge on any atom is 0.243 e. The van der Waals surface area contributed by atoms with Gasteiger partial charge in [-0.25, -0.2) is 8.42 Å². The van der Waals surface area contributed by atoms with Gasteiger partial charge >= 0.3 is 0 Å². The SMILES string of the molecule is CCN(CC)S(=O)(=O)c1ccc(OC)c(NC(=O)CNc2cc(C)c(Cl)cc2OC)c1. The highest BCUT2D eigenvalue weighted by molar-refractivity contribution is 7.89. The highest BCUT2D eigenvalue weighted by Crippen LogP contribution is 2.31. The van der Waals surface area contributed by atoms with Gasteiger partial charge in [-0.2, -0.15) is 4.31 Å². The van der Waals surface area contributed by atoms with Gasteiger partial charge in [0, 0.05) is 24.2 Å². The Balaban J connectivity index is 2.22. The maximum absolute atomic E-state index is 12.8. The minimum absolute atomic E-state index is 0.0758. The van der Waals surface area contributed by atoms with E-state index in [2.05, 4.69) is 10.6 Å². The van der Waals surface area contributed by atoms with Crippen LogP contribution in [0.5, 0.6) is 11.5 Å². The summed E-state index contributed by atoms with van der Waals surface area (Å²) in [6, 6.07) is 7.83. The lowest BCUT2D eigenvalue weighted by atomic mass is 10.2. The number of hydrogen-bond acceptors (Lipinski definition) is 6. The van der Waals surface area contributed by atoms with E-state index < -0.39 is 10.0 Å². The standard InChI is InChI=1S/C21H28ClN3O5S/c1-6-25(7-2)31(27,28)15-8-9-19(29-4)18(11-15)24-21(26)13-23-17-10-14(3)16(22)12-20(17)30-5/h8-12,23H,6-7,13H2,1-5H3,(H,24,26). The van der Waals surface area contributed by atoms with E-state index in [1.54, 1.807) is 26.0 Å². The van der Waals surface area contributed by atoms with Crippen molar-refractivity contribution in [1.82, 2.24) is 4.31 Å². The number of nitrogens with one attached hydrogen (secondary N) is 2. The highest BCUT2D eigenvalue weighted by atomic mass is 35.5. The monoisotopic (exact) mass is 469 g/mol. The number of sulfonamides is 1. The van der Waals surface area contributed by atoms with E-state index in [9.17, 15) is 13.2 Å². The first-order chi connectivity index (χ1) is 14.7. The summed E-state index contributed by atoms with van der Waals surface area (Å²) < 4.78 is 37.5. The van der Waals surface area contributed by atoms with E-state index >= 15 is 0 Å². The number of carbonyl (C=O) groups is 1. The van der Waals surface area contributed by atoms with Crippen molar-refractivity contribution in [1.29, 1.82) is 0 Å². The van der Waals surface area contributed by atoms with Gasteiger partial charge in [0.05, 0.1) is 37.0 Å². The Bertz CT molecular complexity index is 1040. The number of rotatable bonds is 10. The average Bonchev–Trinajstić information content (AvgIpc) is 2.74. The van der Waals surface area contributed by atoms with Gasteiger partial charge in [0.25, 0.3) is 0 Å². The molecule has 2 aromatic rings. The molecule has 0 spiro atoms. The number of nitrogens with zero attached hydrogens (tertiary/aromatic N) is 1. The minimum atomic E-state index is -3.68. The van der Waals surface area contributed by atoms with Crippen molar-refractivity contribution < 1.29 is 22.7 Å². The van der Waals surface area contributed by atoms with Crippen molar-refractivity contribution in [2.75, 3.05) is 44.5 Å². The minimum Gasteiger partial charge on any atom is -0.495 e. The van der Waals surface area contributed by atoms with E-state index in [0.717, 1.165) is 5.56 Å². The van der Waals surface area contributed by atoms with Crippen LogP contribution < -0.4 is 20.1 Å². The van der Waals surface area contributed by atoms with Crippen molar-refractivity contribution in [3.8, 4) is 11.5 Å².